The second-order valence-corrected chi connectivity index (χ2v) is 23.1. The average molecular weight is 1290 g/mol. The average Bonchev–Trinajstić information content (AvgIpc) is 1.56. The number of unbranched alkanes of at least 4 members (excludes halogenated alkanes) is 2. The van der Waals surface area contributed by atoms with Gasteiger partial charge in [0, 0.05) is 52.8 Å². The first-order valence-corrected chi connectivity index (χ1v) is 29.8. The topological polar surface area (TPSA) is 527 Å². The van der Waals surface area contributed by atoms with Crippen molar-refractivity contribution in [1.82, 2.24) is 21.3 Å². The Morgan fingerprint density at radius 1 is 0.371 bits per heavy atom. The Hall–Kier alpha value is -3.49. The molecule has 6 aliphatic rings. The molecular weight excluding hydrogens is 1200 g/mol. The summed E-state index contributed by atoms with van der Waals surface area (Å²) in [5, 5.41) is 166. The number of Topliss-reactive ketones (excluding diaryl/α,β-unsaturated/α-hetero) is 1. The second kappa shape index (κ2) is 34.6. The van der Waals surface area contributed by atoms with Gasteiger partial charge in [-0.3, -0.25) is 19.2 Å². The number of amides is 4. The molecule has 6 saturated heterocycles. The summed E-state index contributed by atoms with van der Waals surface area (Å²) in [5.41, 5.74) is 0. The molecule has 0 bridgehead atoms. The van der Waals surface area contributed by atoms with E-state index in [0.29, 0.717) is 32.1 Å². The molecule has 0 saturated carbocycles. The van der Waals surface area contributed by atoms with Crippen molar-refractivity contribution in [3.05, 3.63) is 0 Å². The first-order chi connectivity index (χ1) is 42.1. The van der Waals surface area contributed by atoms with Crippen LogP contribution in [0.2, 0.25) is 0 Å². The van der Waals surface area contributed by atoms with Crippen molar-refractivity contribution in [2.45, 2.75) is 271 Å². The van der Waals surface area contributed by atoms with E-state index in [1.165, 1.54) is 27.7 Å². The van der Waals surface area contributed by atoms with E-state index in [1.54, 1.807) is 0 Å². The maximum atomic E-state index is 13.0. The predicted molar refractivity (Wildman–Crippen MR) is 291 cm³/mol. The smallest absolute Gasteiger partial charge is 0.220 e. The van der Waals surface area contributed by atoms with Gasteiger partial charge in [-0.15, -0.1) is 0 Å². The normalized spacial score (nSPS) is 42.7. The van der Waals surface area contributed by atoms with Gasteiger partial charge in [-0.05, 0) is 47.0 Å². The fourth-order valence-electron chi connectivity index (χ4n) is 11.1. The lowest BCUT2D eigenvalue weighted by Gasteiger charge is -2.51. The van der Waals surface area contributed by atoms with E-state index < -0.39 is 216 Å². The summed E-state index contributed by atoms with van der Waals surface area (Å²) >= 11 is 0. The van der Waals surface area contributed by atoms with Gasteiger partial charge in [0.15, 0.2) is 37.7 Å². The number of hydrogen-bond donors (Lipinski definition) is 18. The molecule has 18 N–H and O–H groups in total. The lowest BCUT2D eigenvalue weighted by atomic mass is 9.94. The molecule has 89 heavy (non-hydrogen) atoms. The second-order valence-electron chi connectivity index (χ2n) is 23.1. The van der Waals surface area contributed by atoms with Gasteiger partial charge < -0.3 is 154 Å². The van der Waals surface area contributed by atoms with Gasteiger partial charge in [0.1, 0.15) is 134 Å². The van der Waals surface area contributed by atoms with Crippen molar-refractivity contribution in [2.75, 3.05) is 39.5 Å². The number of ketones is 1. The van der Waals surface area contributed by atoms with Gasteiger partial charge in [0.2, 0.25) is 23.6 Å². The Morgan fingerprint density at radius 3 is 1.25 bits per heavy atom. The van der Waals surface area contributed by atoms with Crippen LogP contribution in [0.5, 0.6) is 0 Å². The monoisotopic (exact) mass is 1290 g/mol. The Labute approximate surface area is 512 Å². The molecule has 35 nitrogen and oxygen atoms in total. The van der Waals surface area contributed by atoms with Gasteiger partial charge in [0.05, 0.1) is 38.1 Å². The zero-order valence-electron chi connectivity index (χ0n) is 50.2. The highest BCUT2D eigenvalue weighted by atomic mass is 16.8. The van der Waals surface area contributed by atoms with Crippen molar-refractivity contribution in [1.29, 1.82) is 0 Å². The molecule has 0 aromatic rings. The van der Waals surface area contributed by atoms with Crippen molar-refractivity contribution in [2.24, 2.45) is 0 Å². The molecule has 6 rings (SSSR count). The Morgan fingerprint density at radius 2 is 0.764 bits per heavy atom. The van der Waals surface area contributed by atoms with E-state index in [1.807, 2.05) is 0 Å². The van der Waals surface area contributed by atoms with Crippen LogP contribution in [0.15, 0.2) is 0 Å². The van der Waals surface area contributed by atoms with Gasteiger partial charge in [-0.2, -0.15) is 0 Å². The molecule has 4 amide bonds. The fraction of sp³-hybridized carbons (Fsp3) is 0.907. The van der Waals surface area contributed by atoms with Crippen LogP contribution < -0.4 is 21.3 Å². The standard InChI is InChI=1S/C54H92N4O31/c1-20(62)11-10-13-30(66)56-15-14-55-29(65)12-8-7-9-16-78-51-41(75)45(33(67)21(2)79-51)87-50-32(58-25(6)64)44(38(72)28(19-61)83-50)85-54-48(40(74)37(71)27(18-60)84-54)89-53-43(77)47(35(69)23(4)81-53)88-52-42(76)46(34(68)22(3)80-52)86-49-31(57-24(5)63)39(73)36(70)26(17-59)82-49/h21-23,26-28,31-54,59-61,67-77H,7-19H2,1-6H3,(H,55,65)(H,56,66)(H,57,63)(H,58,64)/t21-,22-,23-,26+,27+,28+,31+,32+,33-,34-,35-,36+,37+,38+,39+,40-,41+,42+,43+,44+,45+,46+,47+,48+,49+,50+,51+,52-,53-,54+/m0/s1. The highest BCUT2D eigenvalue weighted by Gasteiger charge is 2.58. The Balaban J connectivity index is 1.13. The van der Waals surface area contributed by atoms with Crippen molar-refractivity contribution in [3.8, 4) is 0 Å². The lowest BCUT2D eigenvalue weighted by Crippen LogP contribution is -2.70. The summed E-state index contributed by atoms with van der Waals surface area (Å²) in [5.74, 6) is -1.99. The van der Waals surface area contributed by atoms with E-state index in [2.05, 4.69) is 21.3 Å². The first-order valence-electron chi connectivity index (χ1n) is 29.8. The Bertz CT molecular complexity index is 2240. The largest absolute Gasteiger partial charge is 0.394 e. The summed E-state index contributed by atoms with van der Waals surface area (Å²) in [6.45, 7) is 5.34. The molecule has 6 fully saturated rings. The van der Waals surface area contributed by atoms with Crippen LogP contribution in [0, 0.1) is 0 Å². The van der Waals surface area contributed by atoms with Crippen LogP contribution >= 0.6 is 0 Å². The maximum absolute atomic E-state index is 13.0. The molecule has 6 heterocycles. The fourth-order valence-corrected chi connectivity index (χ4v) is 11.1. The maximum Gasteiger partial charge on any atom is 0.220 e. The summed E-state index contributed by atoms with van der Waals surface area (Å²) in [4.78, 5) is 60.4. The predicted octanol–water partition coefficient (Wildman–Crippen LogP) is -9.15. The quantitative estimate of drug-likeness (QED) is 0.0309. The molecule has 0 unspecified atom stereocenters. The van der Waals surface area contributed by atoms with E-state index >= 15 is 0 Å². The molecule has 0 aromatic carbocycles. The van der Waals surface area contributed by atoms with Crippen LogP contribution in [0.1, 0.15) is 86.5 Å². The van der Waals surface area contributed by atoms with Crippen molar-refractivity contribution >= 4 is 29.4 Å². The molecule has 30 atom stereocenters. The van der Waals surface area contributed by atoms with Gasteiger partial charge in [-0.1, -0.05) is 6.42 Å². The molecule has 35 heteroatoms. The van der Waals surface area contributed by atoms with E-state index in [9.17, 15) is 95.5 Å². The number of aliphatic hydroxyl groups is 14. The highest BCUT2D eigenvalue weighted by Crippen LogP contribution is 2.37. The zero-order chi connectivity index (χ0) is 65.7. The van der Waals surface area contributed by atoms with Gasteiger partial charge in [0.25, 0.3) is 0 Å². The number of carbonyl (C=O) groups is 5. The lowest BCUT2D eigenvalue weighted by molar-refractivity contribution is -0.396. The third-order valence-corrected chi connectivity index (χ3v) is 16.1. The number of carbonyl (C=O) groups excluding carboxylic acids is 5. The molecule has 0 aliphatic carbocycles. The molecule has 6 aliphatic heterocycles. The molecular formula is C54H92N4O31. The van der Waals surface area contributed by atoms with Crippen LogP contribution in [0.3, 0.4) is 0 Å². The molecule has 0 spiro atoms. The number of rotatable bonds is 29. The molecule has 0 radical (unpaired) electrons. The van der Waals surface area contributed by atoms with E-state index in [0.717, 1.165) is 13.8 Å². The van der Waals surface area contributed by atoms with Crippen LogP contribution in [0.25, 0.3) is 0 Å². The van der Waals surface area contributed by atoms with Crippen molar-refractivity contribution in [3.63, 3.8) is 0 Å². The molecule has 0 aromatic heterocycles. The van der Waals surface area contributed by atoms with E-state index in [-0.39, 0.29) is 50.1 Å². The summed E-state index contributed by atoms with van der Waals surface area (Å²) in [6.07, 6.45) is -46.8. The number of aliphatic hydroxyl groups excluding tert-OH is 14. The number of nitrogens with one attached hydrogen (secondary N) is 4. The SMILES string of the molecule is CC(=O)CCCC(=O)NCCNC(=O)CCCCCO[C@@H]1O[C@@H](C)[C@H](O)[C@@H](O[C@H]2O[C@H](CO)[C@@H](O)[C@H](O[C@H]3O[C@H](CO)[C@@H](O)[C@H](O)[C@H]3O[C@@H]3O[C@@H](C)[C@H](O)[C@@H](O[C@@H]4O[C@@H](C)[C@H](O)[C@@H](O[C@H]5O[C@H](CO)[C@@H](O)[C@H](O)[C@H]5NC(C)=O)[C@H]4O)[C@H]3O)[C@H]2NC(C)=O)[C@H]1O. The summed E-state index contributed by atoms with van der Waals surface area (Å²) in [7, 11) is 0. The summed E-state index contributed by atoms with van der Waals surface area (Å²) < 4.78 is 71.1. The molecule has 514 valence electrons. The van der Waals surface area contributed by atoms with Crippen molar-refractivity contribution < 1.29 is 152 Å². The first kappa shape index (κ1) is 74.5. The van der Waals surface area contributed by atoms with Gasteiger partial charge in [-0.25, -0.2) is 0 Å². The zero-order valence-corrected chi connectivity index (χ0v) is 50.2. The van der Waals surface area contributed by atoms with E-state index in [4.69, 9.17) is 56.8 Å². The third kappa shape index (κ3) is 19.3. The van der Waals surface area contributed by atoms with Crippen LogP contribution in [-0.4, -0.2) is 325 Å². The third-order valence-electron chi connectivity index (χ3n) is 16.1. The highest BCUT2D eigenvalue weighted by molar-refractivity contribution is 5.79. The summed E-state index contributed by atoms with van der Waals surface area (Å²) in [6, 6.07) is -3.20. The Kier molecular flexibility index (Phi) is 29.0. The van der Waals surface area contributed by atoms with Crippen LogP contribution in [0.4, 0.5) is 0 Å². The number of hydrogen-bond acceptors (Lipinski definition) is 31. The van der Waals surface area contributed by atoms with Crippen LogP contribution in [-0.2, 0) is 80.8 Å². The number of ether oxygens (including phenoxy) is 12. The minimum absolute atomic E-state index is 0.0000436. The van der Waals surface area contributed by atoms with Gasteiger partial charge >= 0.3 is 0 Å². The minimum atomic E-state index is -2.15. The minimum Gasteiger partial charge on any atom is -0.394 e.